The molecule has 2 aromatic rings. The van der Waals surface area contributed by atoms with Crippen molar-refractivity contribution in [2.45, 2.75) is 44.2 Å². The smallest absolute Gasteiger partial charge is 0.168 e. The van der Waals surface area contributed by atoms with Crippen LogP contribution in [0, 0.1) is 0 Å². The number of aliphatic hydroxyl groups excluding tert-OH is 1. The summed E-state index contributed by atoms with van der Waals surface area (Å²) in [6.07, 6.45) is 4.39. The van der Waals surface area contributed by atoms with Crippen molar-refractivity contribution in [2.75, 3.05) is 26.4 Å². The highest BCUT2D eigenvalue weighted by Crippen LogP contribution is 2.37. The van der Waals surface area contributed by atoms with Crippen molar-refractivity contribution in [3.05, 3.63) is 22.8 Å². The molecule has 2 aliphatic rings. The van der Waals surface area contributed by atoms with Gasteiger partial charge in [0.25, 0.3) is 0 Å². The third kappa shape index (κ3) is 3.26. The summed E-state index contributed by atoms with van der Waals surface area (Å²) in [7, 11) is 0. The normalized spacial score (nSPS) is 22.3. The van der Waals surface area contributed by atoms with Gasteiger partial charge >= 0.3 is 0 Å². The predicted octanol–water partition coefficient (Wildman–Crippen LogP) is 2.74. The molecule has 4 rings (SSSR count). The largest absolute Gasteiger partial charge is 0.394 e. The van der Waals surface area contributed by atoms with Crippen LogP contribution in [0.25, 0.3) is 10.7 Å². The standard InChI is InChI=1S/C17H23N3O3S/c21-8-7-20-17(18-16(19-20)12-5-10-22-11-6-12)15-4-3-14(24-15)13-2-1-9-23-13/h3-4,12-13,21H,1-2,5-11H2/t13-/m0/s1. The molecule has 0 amide bonds. The van der Waals surface area contributed by atoms with E-state index in [1.807, 2.05) is 4.68 Å². The van der Waals surface area contributed by atoms with E-state index in [0.29, 0.717) is 12.5 Å². The lowest BCUT2D eigenvalue weighted by atomic mass is 10.00. The van der Waals surface area contributed by atoms with Crippen molar-refractivity contribution in [1.82, 2.24) is 14.8 Å². The van der Waals surface area contributed by atoms with Gasteiger partial charge in [-0.1, -0.05) is 0 Å². The van der Waals surface area contributed by atoms with E-state index in [2.05, 4.69) is 17.2 Å². The highest BCUT2D eigenvalue weighted by atomic mass is 32.1. The molecule has 0 aliphatic carbocycles. The van der Waals surface area contributed by atoms with Crippen LogP contribution in [-0.4, -0.2) is 46.3 Å². The van der Waals surface area contributed by atoms with E-state index in [1.165, 1.54) is 4.88 Å². The summed E-state index contributed by atoms with van der Waals surface area (Å²) < 4.78 is 13.1. The molecule has 0 unspecified atom stereocenters. The molecule has 2 aliphatic heterocycles. The molecule has 0 bridgehead atoms. The number of aromatic nitrogens is 3. The summed E-state index contributed by atoms with van der Waals surface area (Å²) in [6, 6.07) is 4.25. The second kappa shape index (κ2) is 7.31. The molecule has 130 valence electrons. The van der Waals surface area contributed by atoms with Gasteiger partial charge in [0, 0.05) is 30.6 Å². The maximum atomic E-state index is 9.36. The highest BCUT2D eigenvalue weighted by Gasteiger charge is 2.24. The average molecular weight is 349 g/mol. The van der Waals surface area contributed by atoms with E-state index in [9.17, 15) is 5.11 Å². The first-order valence-electron chi connectivity index (χ1n) is 8.70. The minimum atomic E-state index is 0.0630. The topological polar surface area (TPSA) is 69.4 Å². The van der Waals surface area contributed by atoms with Crippen LogP contribution in [-0.2, 0) is 16.0 Å². The molecule has 0 radical (unpaired) electrons. The Hall–Kier alpha value is -1.28. The third-order valence-electron chi connectivity index (χ3n) is 4.68. The summed E-state index contributed by atoms with van der Waals surface area (Å²) in [4.78, 5) is 7.17. The monoisotopic (exact) mass is 349 g/mol. The van der Waals surface area contributed by atoms with Crippen LogP contribution in [0.15, 0.2) is 12.1 Å². The van der Waals surface area contributed by atoms with Crippen LogP contribution in [0.4, 0.5) is 0 Å². The van der Waals surface area contributed by atoms with Crippen LogP contribution in [0.1, 0.15) is 48.4 Å². The van der Waals surface area contributed by atoms with Crippen LogP contribution in [0.2, 0.25) is 0 Å². The minimum absolute atomic E-state index is 0.0630. The zero-order chi connectivity index (χ0) is 16.4. The molecule has 6 nitrogen and oxygen atoms in total. The number of aliphatic hydroxyl groups is 1. The Morgan fingerprint density at radius 1 is 1.21 bits per heavy atom. The first-order valence-corrected chi connectivity index (χ1v) is 9.52. The fraction of sp³-hybridized carbons (Fsp3) is 0.647. The van der Waals surface area contributed by atoms with Crippen molar-refractivity contribution in [2.24, 2.45) is 0 Å². The Kier molecular flexibility index (Phi) is 4.93. The van der Waals surface area contributed by atoms with Crippen LogP contribution < -0.4 is 0 Å². The van der Waals surface area contributed by atoms with Crippen molar-refractivity contribution in [3.8, 4) is 10.7 Å². The Morgan fingerprint density at radius 3 is 2.83 bits per heavy atom. The van der Waals surface area contributed by atoms with Gasteiger partial charge in [0.2, 0.25) is 0 Å². The Labute approximate surface area is 145 Å². The molecule has 2 aromatic heterocycles. The van der Waals surface area contributed by atoms with E-state index >= 15 is 0 Å². The minimum Gasteiger partial charge on any atom is -0.394 e. The fourth-order valence-corrected chi connectivity index (χ4v) is 4.46. The number of rotatable bonds is 5. The lowest BCUT2D eigenvalue weighted by Crippen LogP contribution is -2.15. The Balaban J connectivity index is 1.61. The highest BCUT2D eigenvalue weighted by molar-refractivity contribution is 7.15. The molecule has 2 fully saturated rings. The van der Waals surface area contributed by atoms with E-state index in [0.717, 1.165) is 62.0 Å². The molecule has 0 spiro atoms. The van der Waals surface area contributed by atoms with Gasteiger partial charge < -0.3 is 14.6 Å². The van der Waals surface area contributed by atoms with Gasteiger partial charge in [-0.2, -0.15) is 5.10 Å². The van der Waals surface area contributed by atoms with Crippen LogP contribution in [0.3, 0.4) is 0 Å². The van der Waals surface area contributed by atoms with E-state index in [-0.39, 0.29) is 12.7 Å². The number of ether oxygens (including phenoxy) is 2. The first-order chi connectivity index (χ1) is 11.8. The number of nitrogens with zero attached hydrogens (tertiary/aromatic N) is 3. The third-order valence-corrected chi connectivity index (χ3v) is 5.85. The predicted molar refractivity (Wildman–Crippen MR) is 91.1 cm³/mol. The second-order valence-corrected chi connectivity index (χ2v) is 7.45. The van der Waals surface area contributed by atoms with E-state index in [1.54, 1.807) is 11.3 Å². The van der Waals surface area contributed by atoms with Gasteiger partial charge in [-0.05, 0) is 37.8 Å². The molecule has 7 heteroatoms. The molecule has 2 saturated heterocycles. The lowest BCUT2D eigenvalue weighted by Gasteiger charge is -2.18. The Bertz CT molecular complexity index is 672. The summed E-state index contributed by atoms with van der Waals surface area (Å²) in [6.45, 7) is 2.94. The van der Waals surface area contributed by atoms with Crippen LogP contribution >= 0.6 is 11.3 Å². The molecular formula is C17H23N3O3S. The van der Waals surface area contributed by atoms with Crippen LogP contribution in [0.5, 0.6) is 0 Å². The SMILES string of the molecule is OCCn1nc(C2CCOCC2)nc1-c1ccc([C@@H]2CCCO2)s1. The van der Waals surface area contributed by atoms with Gasteiger partial charge in [0.1, 0.15) is 0 Å². The lowest BCUT2D eigenvalue weighted by molar-refractivity contribution is 0.0835. The van der Waals surface area contributed by atoms with Crippen molar-refractivity contribution >= 4 is 11.3 Å². The van der Waals surface area contributed by atoms with Crippen molar-refractivity contribution in [1.29, 1.82) is 0 Å². The molecular weight excluding hydrogens is 326 g/mol. The fourth-order valence-electron chi connectivity index (χ4n) is 3.37. The summed E-state index contributed by atoms with van der Waals surface area (Å²) >= 11 is 1.73. The number of thiophene rings is 1. The summed E-state index contributed by atoms with van der Waals surface area (Å²) in [5.41, 5.74) is 0. The van der Waals surface area contributed by atoms with E-state index < -0.39 is 0 Å². The summed E-state index contributed by atoms with van der Waals surface area (Å²) in [5.74, 6) is 2.10. The zero-order valence-corrected chi connectivity index (χ0v) is 14.5. The van der Waals surface area contributed by atoms with Crippen molar-refractivity contribution < 1.29 is 14.6 Å². The molecule has 0 aromatic carbocycles. The van der Waals surface area contributed by atoms with Gasteiger partial charge in [-0.3, -0.25) is 0 Å². The first kappa shape index (κ1) is 16.2. The summed E-state index contributed by atoms with van der Waals surface area (Å²) in [5, 5.41) is 14.0. The number of hydrogen-bond donors (Lipinski definition) is 1. The molecule has 1 N–H and O–H groups in total. The number of hydrogen-bond acceptors (Lipinski definition) is 6. The molecule has 24 heavy (non-hydrogen) atoms. The zero-order valence-electron chi connectivity index (χ0n) is 13.7. The van der Waals surface area contributed by atoms with E-state index in [4.69, 9.17) is 14.5 Å². The van der Waals surface area contributed by atoms with Gasteiger partial charge in [-0.15, -0.1) is 11.3 Å². The maximum absolute atomic E-state index is 9.36. The maximum Gasteiger partial charge on any atom is 0.168 e. The van der Waals surface area contributed by atoms with Gasteiger partial charge in [-0.25, -0.2) is 9.67 Å². The van der Waals surface area contributed by atoms with Gasteiger partial charge in [0.05, 0.1) is 24.1 Å². The second-order valence-electron chi connectivity index (χ2n) is 6.33. The molecule has 0 saturated carbocycles. The van der Waals surface area contributed by atoms with Gasteiger partial charge in [0.15, 0.2) is 11.6 Å². The molecule has 1 atom stereocenters. The average Bonchev–Trinajstić information content (AvgIpc) is 3.35. The van der Waals surface area contributed by atoms with Crippen molar-refractivity contribution in [3.63, 3.8) is 0 Å². The Morgan fingerprint density at radius 2 is 2.08 bits per heavy atom. The quantitative estimate of drug-likeness (QED) is 0.899. The molecule has 4 heterocycles.